The van der Waals surface area contributed by atoms with E-state index in [0.29, 0.717) is 75.1 Å². The minimum atomic E-state index is -0.343. The number of aromatic nitrogens is 2. The molecule has 0 spiro atoms. The van der Waals surface area contributed by atoms with E-state index in [-0.39, 0.29) is 23.6 Å². The third-order valence-corrected chi connectivity index (χ3v) is 7.44. The molecule has 3 heterocycles. The van der Waals surface area contributed by atoms with Crippen molar-refractivity contribution in [3.8, 4) is 17.1 Å². The number of benzene rings is 2. The van der Waals surface area contributed by atoms with Gasteiger partial charge in [0.25, 0.3) is 5.91 Å². The molecule has 0 bridgehead atoms. The van der Waals surface area contributed by atoms with Crippen LogP contribution in [0.4, 0.5) is 15.9 Å². The molecule has 2 aromatic carbocycles. The summed E-state index contributed by atoms with van der Waals surface area (Å²) in [7, 11) is 1.66. The number of piperazine rings is 1. The van der Waals surface area contributed by atoms with Gasteiger partial charge in [0.1, 0.15) is 22.9 Å². The van der Waals surface area contributed by atoms with Gasteiger partial charge in [-0.05, 0) is 56.2 Å². The SMILES string of the molecule is CCOC(=O)C1CCCN(C(=O)c2cnc(-c3ccc(F)cc3)nc2N2CCN(c3ccccc3OC)CC2)C1. The van der Waals surface area contributed by atoms with Gasteiger partial charge in [-0.3, -0.25) is 9.59 Å². The van der Waals surface area contributed by atoms with Gasteiger partial charge in [0.05, 0.1) is 25.3 Å². The Labute approximate surface area is 233 Å². The first-order valence-electron chi connectivity index (χ1n) is 13.7. The van der Waals surface area contributed by atoms with E-state index in [1.54, 1.807) is 37.3 Å². The number of likely N-dealkylation sites (tertiary alicyclic amines) is 1. The van der Waals surface area contributed by atoms with E-state index in [0.717, 1.165) is 17.9 Å². The summed E-state index contributed by atoms with van der Waals surface area (Å²) in [6, 6.07) is 13.9. The van der Waals surface area contributed by atoms with Gasteiger partial charge >= 0.3 is 5.97 Å². The molecule has 9 nitrogen and oxygen atoms in total. The van der Waals surface area contributed by atoms with E-state index in [1.807, 2.05) is 24.3 Å². The third-order valence-electron chi connectivity index (χ3n) is 7.44. The highest BCUT2D eigenvalue weighted by atomic mass is 19.1. The van der Waals surface area contributed by atoms with Crippen LogP contribution in [0.25, 0.3) is 11.4 Å². The van der Waals surface area contributed by atoms with Crippen molar-refractivity contribution in [3.05, 3.63) is 66.1 Å². The van der Waals surface area contributed by atoms with Gasteiger partial charge < -0.3 is 24.2 Å². The number of esters is 1. The van der Waals surface area contributed by atoms with Crippen LogP contribution < -0.4 is 14.5 Å². The number of carbonyl (C=O) groups is 2. The molecule has 0 N–H and O–H groups in total. The zero-order chi connectivity index (χ0) is 28.1. The number of hydrogen-bond acceptors (Lipinski definition) is 8. The molecule has 1 unspecified atom stereocenters. The van der Waals surface area contributed by atoms with Gasteiger partial charge in [-0.25, -0.2) is 14.4 Å². The molecular weight excluding hydrogens is 513 g/mol. The van der Waals surface area contributed by atoms with Crippen LogP contribution in [0.15, 0.2) is 54.7 Å². The Balaban J connectivity index is 1.42. The van der Waals surface area contributed by atoms with E-state index in [9.17, 15) is 14.0 Å². The summed E-state index contributed by atoms with van der Waals surface area (Å²) in [5, 5.41) is 0. The number of nitrogens with zero attached hydrogens (tertiary/aromatic N) is 5. The molecule has 2 aliphatic heterocycles. The van der Waals surface area contributed by atoms with Crippen molar-refractivity contribution in [1.29, 1.82) is 0 Å². The summed E-state index contributed by atoms with van der Waals surface area (Å²) in [4.78, 5) is 41.6. The van der Waals surface area contributed by atoms with Crippen LogP contribution in [0.3, 0.4) is 0 Å². The summed E-state index contributed by atoms with van der Waals surface area (Å²) >= 11 is 0. The second kappa shape index (κ2) is 12.3. The Morgan fingerprint density at radius 1 is 1.00 bits per heavy atom. The molecular formula is C30H34FN5O4. The number of piperidine rings is 1. The molecule has 10 heteroatoms. The van der Waals surface area contributed by atoms with Crippen LogP contribution >= 0.6 is 0 Å². The number of amides is 1. The molecule has 0 radical (unpaired) electrons. The lowest BCUT2D eigenvalue weighted by atomic mass is 9.97. The molecule has 1 atom stereocenters. The average molecular weight is 548 g/mol. The third kappa shape index (κ3) is 5.85. The van der Waals surface area contributed by atoms with Crippen molar-refractivity contribution in [2.75, 3.05) is 62.8 Å². The predicted octanol–water partition coefficient (Wildman–Crippen LogP) is 4.03. The first-order valence-corrected chi connectivity index (χ1v) is 13.7. The first-order chi connectivity index (χ1) is 19.5. The van der Waals surface area contributed by atoms with E-state index in [4.69, 9.17) is 14.5 Å². The summed E-state index contributed by atoms with van der Waals surface area (Å²) in [6.07, 6.45) is 2.97. The highest BCUT2D eigenvalue weighted by Gasteiger charge is 2.33. The fraction of sp³-hybridized carbons (Fsp3) is 0.400. The van der Waals surface area contributed by atoms with Gasteiger partial charge in [-0.2, -0.15) is 0 Å². The quantitative estimate of drug-likeness (QED) is 0.410. The van der Waals surface area contributed by atoms with Crippen molar-refractivity contribution >= 4 is 23.4 Å². The predicted molar refractivity (Wildman–Crippen MR) is 150 cm³/mol. The minimum Gasteiger partial charge on any atom is -0.495 e. The van der Waals surface area contributed by atoms with Gasteiger partial charge in [-0.15, -0.1) is 0 Å². The summed E-state index contributed by atoms with van der Waals surface area (Å²) < 4.78 is 24.3. The van der Waals surface area contributed by atoms with Crippen molar-refractivity contribution < 1.29 is 23.5 Å². The fourth-order valence-electron chi connectivity index (χ4n) is 5.34. The van der Waals surface area contributed by atoms with Gasteiger partial charge in [0.2, 0.25) is 0 Å². The van der Waals surface area contributed by atoms with Crippen LogP contribution in [0.1, 0.15) is 30.1 Å². The van der Waals surface area contributed by atoms with Gasteiger partial charge in [-0.1, -0.05) is 12.1 Å². The van der Waals surface area contributed by atoms with Gasteiger partial charge in [0.15, 0.2) is 5.82 Å². The second-order valence-corrected chi connectivity index (χ2v) is 9.93. The fourth-order valence-corrected chi connectivity index (χ4v) is 5.34. The Morgan fingerprint density at radius 3 is 2.45 bits per heavy atom. The maximum Gasteiger partial charge on any atom is 0.310 e. The standard InChI is InChI=1S/C30H34FN5O4/c1-3-40-30(38)22-7-6-14-36(20-22)29(37)24-19-32-27(21-10-12-23(31)13-11-21)33-28(24)35-17-15-34(16-18-35)25-8-4-5-9-26(25)39-2/h4-5,8-13,19,22H,3,6-7,14-18,20H2,1-2H3. The van der Waals surface area contributed by atoms with E-state index < -0.39 is 0 Å². The lowest BCUT2D eigenvalue weighted by Crippen LogP contribution is -2.48. The Hall–Kier alpha value is -4.21. The van der Waals surface area contributed by atoms with E-state index in [2.05, 4.69) is 14.8 Å². The molecule has 5 rings (SSSR count). The van der Waals surface area contributed by atoms with Crippen LogP contribution in [-0.2, 0) is 9.53 Å². The largest absolute Gasteiger partial charge is 0.495 e. The van der Waals surface area contributed by atoms with Crippen LogP contribution in [-0.4, -0.2) is 79.7 Å². The average Bonchev–Trinajstić information content (AvgIpc) is 3.01. The van der Waals surface area contributed by atoms with E-state index in [1.165, 1.54) is 12.1 Å². The number of halogens is 1. The normalized spacial score (nSPS) is 17.5. The summed E-state index contributed by atoms with van der Waals surface area (Å²) in [5.74, 6) is 0.611. The lowest BCUT2D eigenvalue weighted by Gasteiger charge is -2.38. The molecule has 2 fully saturated rings. The van der Waals surface area contributed by atoms with Crippen molar-refractivity contribution in [2.45, 2.75) is 19.8 Å². The zero-order valence-corrected chi connectivity index (χ0v) is 22.9. The molecule has 1 aromatic heterocycles. The highest BCUT2D eigenvalue weighted by Crippen LogP contribution is 2.31. The van der Waals surface area contributed by atoms with Crippen LogP contribution in [0.5, 0.6) is 5.75 Å². The molecule has 0 aliphatic carbocycles. The van der Waals surface area contributed by atoms with Crippen LogP contribution in [0, 0.1) is 11.7 Å². The minimum absolute atomic E-state index is 0.207. The number of methoxy groups -OCH3 is 1. The molecule has 2 saturated heterocycles. The monoisotopic (exact) mass is 547 g/mol. The van der Waals surface area contributed by atoms with Crippen molar-refractivity contribution in [2.24, 2.45) is 5.92 Å². The van der Waals surface area contributed by atoms with Crippen molar-refractivity contribution in [1.82, 2.24) is 14.9 Å². The van der Waals surface area contributed by atoms with Crippen LogP contribution in [0.2, 0.25) is 0 Å². The Kier molecular flexibility index (Phi) is 8.42. The number of hydrogen-bond donors (Lipinski definition) is 0. The summed E-state index contributed by atoms with van der Waals surface area (Å²) in [6.45, 7) is 5.62. The number of carbonyl (C=O) groups excluding carboxylic acids is 2. The molecule has 0 saturated carbocycles. The number of para-hydroxylation sites is 2. The van der Waals surface area contributed by atoms with Crippen molar-refractivity contribution in [3.63, 3.8) is 0 Å². The lowest BCUT2D eigenvalue weighted by molar-refractivity contribution is -0.149. The number of rotatable bonds is 7. The maximum atomic E-state index is 13.8. The Bertz CT molecular complexity index is 1340. The smallest absolute Gasteiger partial charge is 0.310 e. The Morgan fingerprint density at radius 2 is 1.73 bits per heavy atom. The highest BCUT2D eigenvalue weighted by molar-refractivity contribution is 5.99. The molecule has 2 aliphatic rings. The molecule has 1 amide bonds. The summed E-state index contributed by atoms with van der Waals surface area (Å²) in [5.41, 5.74) is 2.07. The molecule has 40 heavy (non-hydrogen) atoms. The zero-order valence-electron chi connectivity index (χ0n) is 22.9. The molecule has 210 valence electrons. The van der Waals surface area contributed by atoms with Gasteiger partial charge in [0, 0.05) is 51.0 Å². The second-order valence-electron chi connectivity index (χ2n) is 9.93. The maximum absolute atomic E-state index is 13.8. The first kappa shape index (κ1) is 27.4. The number of ether oxygens (including phenoxy) is 2. The number of anilines is 2. The molecule has 3 aromatic rings. The topological polar surface area (TPSA) is 88.1 Å². The van der Waals surface area contributed by atoms with E-state index >= 15 is 0 Å².